The average Bonchev–Trinajstić information content (AvgIpc) is 2.77. The van der Waals surface area contributed by atoms with Gasteiger partial charge in [0.2, 0.25) is 0 Å². The summed E-state index contributed by atoms with van der Waals surface area (Å²) in [6.07, 6.45) is 4.96. The summed E-state index contributed by atoms with van der Waals surface area (Å²) >= 11 is 0. The van der Waals surface area contributed by atoms with E-state index in [1.54, 1.807) is 7.11 Å². The number of hydrogen-bond acceptors (Lipinski definition) is 3. The monoisotopic (exact) mass is 450 g/mol. The molecular weight excluding hydrogens is 408 g/mol. The maximum Gasteiger partial charge on any atom is 0.119 e. The summed E-state index contributed by atoms with van der Waals surface area (Å²) in [5, 5.41) is 9.95. The van der Waals surface area contributed by atoms with Crippen LogP contribution in [0.2, 0.25) is 0 Å². The van der Waals surface area contributed by atoms with Gasteiger partial charge in [0.25, 0.3) is 0 Å². The summed E-state index contributed by atoms with van der Waals surface area (Å²) in [6.45, 7) is 11.4. The lowest BCUT2D eigenvalue weighted by Gasteiger charge is -2.59. The molecule has 6 atom stereocenters. The quantitative estimate of drug-likeness (QED) is 0.500. The molecule has 1 saturated carbocycles. The molecule has 2 aromatic rings. The third-order valence-corrected chi connectivity index (χ3v) is 8.77. The molecule has 1 unspecified atom stereocenters. The van der Waals surface area contributed by atoms with E-state index in [2.05, 4.69) is 76.2 Å². The molecule has 33 heavy (non-hydrogen) atoms. The fourth-order valence-electron chi connectivity index (χ4n) is 7.23. The highest BCUT2D eigenvalue weighted by Gasteiger charge is 2.55. The van der Waals surface area contributed by atoms with Crippen molar-refractivity contribution in [1.29, 1.82) is 0 Å². The van der Waals surface area contributed by atoms with Crippen molar-refractivity contribution in [2.75, 3.05) is 7.11 Å². The van der Waals surface area contributed by atoms with E-state index in [0.29, 0.717) is 18.3 Å². The van der Waals surface area contributed by atoms with Gasteiger partial charge in [0, 0.05) is 0 Å². The normalized spacial score (nSPS) is 28.8. The molecule has 3 heteroatoms. The second-order valence-corrected chi connectivity index (χ2v) is 11.4. The third-order valence-electron chi connectivity index (χ3n) is 8.77. The molecule has 0 spiro atoms. The molecule has 0 amide bonds. The molecule has 0 radical (unpaired) electrons. The van der Waals surface area contributed by atoms with E-state index in [9.17, 15) is 5.11 Å². The van der Waals surface area contributed by atoms with Crippen molar-refractivity contribution >= 4 is 0 Å². The van der Waals surface area contributed by atoms with Crippen molar-refractivity contribution in [3.05, 3.63) is 65.2 Å². The number of aliphatic hydroxyl groups is 1. The van der Waals surface area contributed by atoms with E-state index in [1.165, 1.54) is 29.5 Å². The van der Waals surface area contributed by atoms with Gasteiger partial charge in [-0.15, -0.1) is 0 Å². The van der Waals surface area contributed by atoms with Gasteiger partial charge in [0.05, 0.1) is 25.4 Å². The Morgan fingerprint density at radius 2 is 1.76 bits per heavy atom. The van der Waals surface area contributed by atoms with Gasteiger partial charge in [-0.2, -0.15) is 0 Å². The van der Waals surface area contributed by atoms with Crippen LogP contribution in [0, 0.1) is 17.3 Å². The molecule has 0 saturated heterocycles. The second-order valence-electron chi connectivity index (χ2n) is 11.4. The topological polar surface area (TPSA) is 38.7 Å². The summed E-state index contributed by atoms with van der Waals surface area (Å²) in [6, 6.07) is 17.5. The zero-order chi connectivity index (χ0) is 23.8. The molecule has 1 N–H and O–H groups in total. The Bertz CT molecular complexity index is 935. The molecule has 0 aliphatic heterocycles. The van der Waals surface area contributed by atoms with Crippen LogP contribution in [0.3, 0.4) is 0 Å². The summed E-state index contributed by atoms with van der Waals surface area (Å²) in [7, 11) is 1.76. The minimum absolute atomic E-state index is 0.0128. The number of aliphatic hydroxyl groups excluding tert-OH is 1. The molecule has 2 aliphatic carbocycles. The Balaban J connectivity index is 1.67. The lowest BCUT2D eigenvalue weighted by molar-refractivity contribution is -0.123. The summed E-state index contributed by atoms with van der Waals surface area (Å²) in [5.41, 5.74) is 4.54. The van der Waals surface area contributed by atoms with Gasteiger partial charge in [0.1, 0.15) is 5.75 Å². The van der Waals surface area contributed by atoms with E-state index in [-0.39, 0.29) is 29.1 Å². The van der Waals surface area contributed by atoms with Crippen LogP contribution in [-0.4, -0.2) is 24.4 Å². The maximum atomic E-state index is 9.95. The van der Waals surface area contributed by atoms with Crippen LogP contribution in [0.25, 0.3) is 0 Å². The molecule has 2 aliphatic rings. The van der Waals surface area contributed by atoms with Crippen molar-refractivity contribution in [3.63, 3.8) is 0 Å². The lowest BCUT2D eigenvalue weighted by Crippen LogP contribution is -2.53. The Morgan fingerprint density at radius 3 is 2.42 bits per heavy atom. The minimum Gasteiger partial charge on any atom is -0.497 e. The number of ether oxygens (including phenoxy) is 2. The zero-order valence-corrected chi connectivity index (χ0v) is 21.3. The Morgan fingerprint density at radius 1 is 1.03 bits per heavy atom. The highest BCUT2D eigenvalue weighted by molar-refractivity contribution is 5.43. The number of benzene rings is 2. The van der Waals surface area contributed by atoms with Crippen molar-refractivity contribution in [1.82, 2.24) is 0 Å². The molecule has 180 valence electrons. The van der Waals surface area contributed by atoms with Gasteiger partial charge in [-0.1, -0.05) is 57.2 Å². The highest BCUT2D eigenvalue weighted by atomic mass is 16.5. The van der Waals surface area contributed by atoms with E-state index < -0.39 is 0 Å². The van der Waals surface area contributed by atoms with Gasteiger partial charge in [-0.25, -0.2) is 0 Å². The van der Waals surface area contributed by atoms with E-state index >= 15 is 0 Å². The van der Waals surface area contributed by atoms with Crippen LogP contribution in [-0.2, 0) is 16.6 Å². The number of rotatable bonds is 7. The maximum absolute atomic E-state index is 9.95. The van der Waals surface area contributed by atoms with Crippen LogP contribution in [0.5, 0.6) is 5.75 Å². The van der Waals surface area contributed by atoms with Gasteiger partial charge < -0.3 is 14.6 Å². The van der Waals surface area contributed by atoms with Crippen molar-refractivity contribution < 1.29 is 14.6 Å². The molecule has 0 heterocycles. The summed E-state index contributed by atoms with van der Waals surface area (Å²) in [4.78, 5) is 0. The average molecular weight is 451 g/mol. The first-order chi connectivity index (χ1) is 15.7. The van der Waals surface area contributed by atoms with E-state index in [4.69, 9.17) is 9.47 Å². The first kappa shape index (κ1) is 24.3. The lowest BCUT2D eigenvalue weighted by atomic mass is 9.46. The number of hydrogen-bond donors (Lipinski definition) is 1. The Labute approximate surface area is 200 Å². The number of methoxy groups -OCH3 is 1. The van der Waals surface area contributed by atoms with Gasteiger partial charge in [0.15, 0.2) is 0 Å². The molecule has 3 nitrogen and oxygen atoms in total. The third kappa shape index (κ3) is 4.59. The molecule has 1 fully saturated rings. The van der Waals surface area contributed by atoms with Crippen molar-refractivity contribution in [2.24, 2.45) is 17.3 Å². The summed E-state index contributed by atoms with van der Waals surface area (Å²) in [5.74, 6) is 1.98. The number of fused-ring (bicyclic) bond motifs is 3. The molecule has 0 aromatic heterocycles. The summed E-state index contributed by atoms with van der Waals surface area (Å²) < 4.78 is 12.3. The fourth-order valence-corrected chi connectivity index (χ4v) is 7.23. The van der Waals surface area contributed by atoms with Crippen LogP contribution < -0.4 is 4.74 Å². The standard InChI is InChI=1S/C30H42O3/c1-20(31)18-21(2)33-28(22-10-8-7-9-11-22)26-16-17-30(5)25-14-13-24(32-6)19-23(25)12-15-27(30)29(26,3)4/h7-11,13-14,19-21,26-28,31H,12,15-18H2,1-6H3/t20-,21-,26-,27-,28?,30+/m1/s1. The molecule has 2 aromatic carbocycles. The van der Waals surface area contributed by atoms with Crippen LogP contribution >= 0.6 is 0 Å². The SMILES string of the molecule is COc1ccc2c(c1)CC[C@@H]1C(C)(C)[C@@H](C(O[C@H](C)C[C@@H](C)O)c3ccccc3)CC[C@@]21C. The van der Waals surface area contributed by atoms with Gasteiger partial charge in [-0.05, 0) is 97.4 Å². The fraction of sp³-hybridized carbons (Fsp3) is 0.600. The molecule has 4 rings (SSSR count). The van der Waals surface area contributed by atoms with Crippen LogP contribution in [0.4, 0.5) is 0 Å². The van der Waals surface area contributed by atoms with E-state index in [0.717, 1.165) is 18.6 Å². The first-order valence-electron chi connectivity index (χ1n) is 12.7. The Kier molecular flexibility index (Phi) is 6.94. The van der Waals surface area contributed by atoms with E-state index in [1.807, 2.05) is 6.92 Å². The van der Waals surface area contributed by atoms with Crippen molar-refractivity contribution in [3.8, 4) is 5.75 Å². The highest BCUT2D eigenvalue weighted by Crippen LogP contribution is 2.62. The number of aryl methyl sites for hydroxylation is 1. The van der Waals surface area contributed by atoms with Crippen molar-refractivity contribution in [2.45, 2.75) is 90.4 Å². The predicted octanol–water partition coefficient (Wildman–Crippen LogP) is 6.87. The van der Waals surface area contributed by atoms with Crippen LogP contribution in [0.1, 0.15) is 83.1 Å². The minimum atomic E-state index is -0.356. The predicted molar refractivity (Wildman–Crippen MR) is 135 cm³/mol. The second kappa shape index (κ2) is 9.43. The van der Waals surface area contributed by atoms with Gasteiger partial charge >= 0.3 is 0 Å². The molecular formula is C30H42O3. The zero-order valence-electron chi connectivity index (χ0n) is 21.3. The Hall–Kier alpha value is -1.84. The van der Waals surface area contributed by atoms with Crippen LogP contribution in [0.15, 0.2) is 48.5 Å². The largest absolute Gasteiger partial charge is 0.497 e. The first-order valence-corrected chi connectivity index (χ1v) is 12.7. The molecule has 0 bridgehead atoms. The smallest absolute Gasteiger partial charge is 0.119 e. The van der Waals surface area contributed by atoms with Gasteiger partial charge in [-0.3, -0.25) is 0 Å².